The van der Waals surface area contributed by atoms with Crippen LogP contribution in [0.3, 0.4) is 0 Å². The quantitative estimate of drug-likeness (QED) is 0.136. The number of nitro groups is 4. The third-order valence-electron chi connectivity index (χ3n) is 5.60. The van der Waals surface area contributed by atoms with E-state index < -0.39 is 77.5 Å². The minimum Gasteiger partial charge on any atom is -0.464 e. The van der Waals surface area contributed by atoms with Crippen LogP contribution in [0.5, 0.6) is 5.75 Å². The molecule has 0 bridgehead atoms. The first-order chi connectivity index (χ1) is 20.3. The number of nitrogens with one attached hydrogen (secondary N) is 1. The summed E-state index contributed by atoms with van der Waals surface area (Å²) in [4.78, 5) is 78.7. The van der Waals surface area contributed by atoms with Crippen molar-refractivity contribution in [1.82, 2.24) is 5.32 Å². The highest BCUT2D eigenvalue weighted by molar-refractivity contribution is 5.98. The number of benzene rings is 3. The van der Waals surface area contributed by atoms with Crippen molar-refractivity contribution < 1.29 is 43.6 Å². The molecule has 1 amide bonds. The zero-order valence-corrected chi connectivity index (χ0v) is 21.9. The van der Waals surface area contributed by atoms with E-state index in [1.807, 2.05) is 0 Å². The molecular formula is C25H19N5O13. The summed E-state index contributed by atoms with van der Waals surface area (Å²) in [6, 6.07) is 8.62. The van der Waals surface area contributed by atoms with Crippen molar-refractivity contribution in [2.45, 2.75) is 19.4 Å². The van der Waals surface area contributed by atoms with Crippen LogP contribution in [0.15, 0.2) is 60.7 Å². The van der Waals surface area contributed by atoms with Crippen LogP contribution in [0, 0.1) is 40.5 Å². The Morgan fingerprint density at radius 1 is 0.721 bits per heavy atom. The van der Waals surface area contributed by atoms with Crippen LogP contribution in [0.25, 0.3) is 0 Å². The van der Waals surface area contributed by atoms with Gasteiger partial charge in [-0.3, -0.25) is 45.3 Å². The molecule has 3 aromatic rings. The molecule has 1 atom stereocenters. The maximum absolute atomic E-state index is 12.8. The van der Waals surface area contributed by atoms with Crippen molar-refractivity contribution in [2.75, 3.05) is 6.61 Å². The SMILES string of the molecule is CCOC(=O)C(Cc1ccc(OC(=O)c2cc([N+](=O)[O-])cc([N+](=O)[O-])c2)cc1)NC(=O)c1cc([N+](=O)[O-])cc([N+](=O)[O-])c1. The Labute approximate surface area is 239 Å². The van der Waals surface area contributed by atoms with Gasteiger partial charge in [0.25, 0.3) is 28.7 Å². The minimum atomic E-state index is -1.34. The molecule has 43 heavy (non-hydrogen) atoms. The molecule has 0 aliphatic rings. The van der Waals surface area contributed by atoms with E-state index in [9.17, 15) is 54.8 Å². The van der Waals surface area contributed by atoms with E-state index in [0.29, 0.717) is 17.7 Å². The lowest BCUT2D eigenvalue weighted by molar-refractivity contribution is -0.394. The van der Waals surface area contributed by atoms with Gasteiger partial charge in [-0.1, -0.05) is 12.1 Å². The molecular weight excluding hydrogens is 578 g/mol. The summed E-state index contributed by atoms with van der Waals surface area (Å²) >= 11 is 0. The molecule has 1 N–H and O–H groups in total. The summed E-state index contributed by atoms with van der Waals surface area (Å²) in [5.41, 5.74) is -3.30. The molecule has 222 valence electrons. The number of ether oxygens (including phenoxy) is 2. The molecule has 0 spiro atoms. The van der Waals surface area contributed by atoms with Crippen LogP contribution in [0.4, 0.5) is 22.7 Å². The van der Waals surface area contributed by atoms with E-state index in [4.69, 9.17) is 9.47 Å². The van der Waals surface area contributed by atoms with Gasteiger partial charge < -0.3 is 14.8 Å². The molecule has 1 unspecified atom stereocenters. The molecule has 3 rings (SSSR count). The maximum Gasteiger partial charge on any atom is 0.344 e. The van der Waals surface area contributed by atoms with Gasteiger partial charge in [-0.15, -0.1) is 0 Å². The fraction of sp³-hybridized carbons (Fsp3) is 0.160. The normalized spacial score (nSPS) is 11.1. The smallest absolute Gasteiger partial charge is 0.344 e. The number of rotatable bonds is 12. The topological polar surface area (TPSA) is 254 Å². The number of hydrogen-bond donors (Lipinski definition) is 1. The van der Waals surface area contributed by atoms with Gasteiger partial charge in [-0.2, -0.15) is 0 Å². The number of amides is 1. The van der Waals surface area contributed by atoms with Gasteiger partial charge in [0, 0.05) is 30.7 Å². The lowest BCUT2D eigenvalue weighted by atomic mass is 10.0. The summed E-state index contributed by atoms with van der Waals surface area (Å²) in [5.74, 6) is -3.09. The Balaban J connectivity index is 1.79. The van der Waals surface area contributed by atoms with E-state index in [-0.39, 0.29) is 18.8 Å². The van der Waals surface area contributed by atoms with Gasteiger partial charge in [0.05, 0.1) is 49.6 Å². The van der Waals surface area contributed by atoms with Crippen molar-refractivity contribution in [2.24, 2.45) is 0 Å². The Hall–Kier alpha value is -6.33. The zero-order valence-electron chi connectivity index (χ0n) is 21.9. The molecule has 0 saturated carbocycles. The molecule has 3 aromatic carbocycles. The van der Waals surface area contributed by atoms with E-state index >= 15 is 0 Å². The van der Waals surface area contributed by atoms with Gasteiger partial charge in [-0.05, 0) is 24.6 Å². The first-order valence-corrected chi connectivity index (χ1v) is 12.0. The number of carbonyl (C=O) groups is 3. The maximum atomic E-state index is 12.8. The van der Waals surface area contributed by atoms with Crippen molar-refractivity contribution in [3.05, 3.63) is 118 Å². The third-order valence-corrected chi connectivity index (χ3v) is 5.60. The number of carbonyl (C=O) groups excluding carboxylic acids is 3. The predicted octanol–water partition coefficient (Wildman–Crippen LogP) is 3.44. The zero-order chi connectivity index (χ0) is 31.8. The van der Waals surface area contributed by atoms with Crippen LogP contribution < -0.4 is 10.1 Å². The van der Waals surface area contributed by atoms with Gasteiger partial charge in [-0.25, -0.2) is 9.59 Å². The van der Waals surface area contributed by atoms with Gasteiger partial charge in [0.15, 0.2) is 0 Å². The van der Waals surface area contributed by atoms with Crippen molar-refractivity contribution >= 4 is 40.6 Å². The predicted molar refractivity (Wildman–Crippen MR) is 142 cm³/mol. The second-order valence-corrected chi connectivity index (χ2v) is 8.52. The summed E-state index contributed by atoms with van der Waals surface area (Å²) in [7, 11) is 0. The molecule has 18 heteroatoms. The van der Waals surface area contributed by atoms with Crippen LogP contribution in [0.1, 0.15) is 33.2 Å². The fourth-order valence-electron chi connectivity index (χ4n) is 3.63. The highest BCUT2D eigenvalue weighted by Gasteiger charge is 2.26. The molecule has 18 nitrogen and oxygen atoms in total. The summed E-state index contributed by atoms with van der Waals surface area (Å²) in [6.07, 6.45) is -0.188. The van der Waals surface area contributed by atoms with E-state index in [1.54, 1.807) is 0 Å². The lowest BCUT2D eigenvalue weighted by Gasteiger charge is -2.17. The largest absolute Gasteiger partial charge is 0.464 e. The van der Waals surface area contributed by atoms with E-state index in [2.05, 4.69) is 5.32 Å². The monoisotopic (exact) mass is 597 g/mol. The summed E-state index contributed by atoms with van der Waals surface area (Å²) in [6.45, 7) is 1.46. The van der Waals surface area contributed by atoms with Crippen molar-refractivity contribution in [3.8, 4) is 5.75 Å². The molecule has 0 heterocycles. The van der Waals surface area contributed by atoms with Gasteiger partial charge in [0.2, 0.25) is 0 Å². The minimum absolute atomic E-state index is 0.0574. The van der Waals surface area contributed by atoms with Crippen LogP contribution in [0.2, 0.25) is 0 Å². The Morgan fingerprint density at radius 2 is 1.16 bits per heavy atom. The number of nitrogens with zero attached hydrogens (tertiary/aromatic N) is 4. The Morgan fingerprint density at radius 3 is 1.58 bits per heavy atom. The van der Waals surface area contributed by atoms with Gasteiger partial charge in [0.1, 0.15) is 11.8 Å². The average molecular weight is 597 g/mol. The number of non-ortho nitro benzene ring substituents is 4. The van der Waals surface area contributed by atoms with Crippen LogP contribution in [-0.4, -0.2) is 50.2 Å². The number of nitro benzene ring substituents is 4. The number of esters is 2. The highest BCUT2D eigenvalue weighted by Crippen LogP contribution is 2.25. The van der Waals surface area contributed by atoms with Gasteiger partial charge >= 0.3 is 11.9 Å². The molecule has 0 radical (unpaired) electrons. The summed E-state index contributed by atoms with van der Waals surface area (Å²) < 4.78 is 10.1. The van der Waals surface area contributed by atoms with Crippen LogP contribution >= 0.6 is 0 Å². The molecule has 0 saturated heterocycles. The fourth-order valence-corrected chi connectivity index (χ4v) is 3.63. The molecule has 0 aliphatic carbocycles. The van der Waals surface area contributed by atoms with Crippen molar-refractivity contribution in [1.29, 1.82) is 0 Å². The first kappa shape index (κ1) is 31.2. The number of hydrogen-bond acceptors (Lipinski definition) is 13. The van der Waals surface area contributed by atoms with E-state index in [1.165, 1.54) is 31.2 Å². The molecule has 0 aliphatic heterocycles. The molecule has 0 aromatic heterocycles. The third kappa shape index (κ3) is 8.10. The lowest BCUT2D eigenvalue weighted by Crippen LogP contribution is -2.43. The van der Waals surface area contributed by atoms with Crippen molar-refractivity contribution in [3.63, 3.8) is 0 Å². The Bertz CT molecular complexity index is 1570. The second kappa shape index (κ2) is 13.4. The first-order valence-electron chi connectivity index (χ1n) is 12.0. The van der Waals surface area contributed by atoms with Crippen LogP contribution in [-0.2, 0) is 16.0 Å². The highest BCUT2D eigenvalue weighted by atomic mass is 16.6. The summed E-state index contributed by atoms with van der Waals surface area (Å²) in [5, 5.41) is 46.8. The standard InChI is InChI=1S/C25H19N5O13/c1-2-42-25(33)22(26-23(31)15-8-17(27(34)35)12-18(9-15)28(36)37)7-14-3-5-21(6-4-14)43-24(32)16-10-19(29(38)39)13-20(11-16)30(40)41/h3-6,8-13,22H,2,7H2,1H3,(H,26,31). The molecule has 0 fully saturated rings. The second-order valence-electron chi connectivity index (χ2n) is 8.52. The Kier molecular flexibility index (Phi) is 9.69. The van der Waals surface area contributed by atoms with E-state index in [0.717, 1.165) is 24.3 Å². The average Bonchev–Trinajstić information content (AvgIpc) is 2.97.